The molecule has 88 valence electrons. The molecule has 1 aromatic carbocycles. The molecular formula is C14H17N3. The molecule has 0 spiro atoms. The van der Waals surface area contributed by atoms with E-state index in [-0.39, 0.29) is 0 Å². The summed E-state index contributed by atoms with van der Waals surface area (Å²) in [4.78, 5) is 0. The lowest BCUT2D eigenvalue weighted by Gasteiger charge is -2.05. The zero-order valence-electron chi connectivity index (χ0n) is 9.89. The largest absolute Gasteiger partial charge is 0.347 e. The van der Waals surface area contributed by atoms with E-state index in [0.717, 1.165) is 24.9 Å². The molecule has 0 radical (unpaired) electrons. The second kappa shape index (κ2) is 5.51. The Morgan fingerprint density at radius 3 is 2.88 bits per heavy atom. The first-order chi connectivity index (χ1) is 8.35. The van der Waals surface area contributed by atoms with Gasteiger partial charge in [0.05, 0.1) is 6.07 Å². The molecule has 0 atom stereocenters. The summed E-state index contributed by atoms with van der Waals surface area (Å²) in [5, 5.41) is 9.75. The third kappa shape index (κ3) is 2.66. The fraction of sp³-hybridized carbons (Fsp3) is 0.357. The number of aryl methyl sites for hydroxylation is 1. The Balaban J connectivity index is 2.14. The summed E-state index contributed by atoms with van der Waals surface area (Å²) in [6.07, 6.45) is 4.77. The van der Waals surface area contributed by atoms with Gasteiger partial charge in [0.1, 0.15) is 0 Å². The van der Waals surface area contributed by atoms with E-state index in [1.807, 2.05) is 0 Å². The Morgan fingerprint density at radius 2 is 2.12 bits per heavy atom. The first-order valence-electron chi connectivity index (χ1n) is 6.00. The SMILES string of the molecule is N#CCCCCn1ccc2ccc(CN)cc21. The molecule has 3 nitrogen and oxygen atoms in total. The van der Waals surface area contributed by atoms with Crippen LogP contribution >= 0.6 is 0 Å². The number of rotatable bonds is 5. The van der Waals surface area contributed by atoms with Crippen molar-refractivity contribution in [2.45, 2.75) is 32.4 Å². The zero-order valence-corrected chi connectivity index (χ0v) is 9.89. The van der Waals surface area contributed by atoms with Crippen LogP contribution in [-0.4, -0.2) is 4.57 Å². The van der Waals surface area contributed by atoms with E-state index in [0.29, 0.717) is 13.0 Å². The lowest BCUT2D eigenvalue weighted by Crippen LogP contribution is -1.99. The molecule has 0 unspecified atom stereocenters. The van der Waals surface area contributed by atoms with Gasteiger partial charge >= 0.3 is 0 Å². The molecule has 0 bridgehead atoms. The van der Waals surface area contributed by atoms with Gasteiger partial charge in [0.15, 0.2) is 0 Å². The van der Waals surface area contributed by atoms with Crippen molar-refractivity contribution in [2.24, 2.45) is 5.73 Å². The second-order valence-electron chi connectivity index (χ2n) is 4.22. The van der Waals surface area contributed by atoms with Crippen molar-refractivity contribution >= 4 is 10.9 Å². The summed E-state index contributed by atoms with van der Waals surface area (Å²) in [5.41, 5.74) is 8.06. The van der Waals surface area contributed by atoms with Gasteiger partial charge in [0, 0.05) is 31.2 Å². The van der Waals surface area contributed by atoms with Crippen LogP contribution in [0.25, 0.3) is 10.9 Å². The predicted octanol–water partition coefficient (Wildman–Crippen LogP) is 2.79. The van der Waals surface area contributed by atoms with E-state index < -0.39 is 0 Å². The number of nitrogens with zero attached hydrogens (tertiary/aromatic N) is 2. The van der Waals surface area contributed by atoms with Crippen molar-refractivity contribution in [3.63, 3.8) is 0 Å². The van der Waals surface area contributed by atoms with Gasteiger partial charge in [-0.05, 0) is 35.9 Å². The number of nitriles is 1. The summed E-state index contributed by atoms with van der Waals surface area (Å²) >= 11 is 0. The van der Waals surface area contributed by atoms with Crippen LogP contribution in [0.4, 0.5) is 0 Å². The van der Waals surface area contributed by atoms with Crippen molar-refractivity contribution < 1.29 is 0 Å². The number of unbranched alkanes of at least 4 members (excludes halogenated alkanes) is 2. The topological polar surface area (TPSA) is 54.7 Å². The Hall–Kier alpha value is -1.79. The average molecular weight is 227 g/mol. The quantitative estimate of drug-likeness (QED) is 0.798. The molecule has 3 heteroatoms. The first-order valence-corrected chi connectivity index (χ1v) is 6.00. The van der Waals surface area contributed by atoms with Gasteiger partial charge in [-0.3, -0.25) is 0 Å². The highest BCUT2D eigenvalue weighted by Crippen LogP contribution is 2.18. The van der Waals surface area contributed by atoms with Crippen molar-refractivity contribution in [3.8, 4) is 6.07 Å². The van der Waals surface area contributed by atoms with E-state index in [4.69, 9.17) is 11.0 Å². The number of aromatic nitrogens is 1. The lowest BCUT2D eigenvalue weighted by atomic mass is 10.1. The minimum absolute atomic E-state index is 0.579. The molecule has 2 rings (SSSR count). The maximum absolute atomic E-state index is 8.49. The number of hydrogen-bond donors (Lipinski definition) is 1. The van der Waals surface area contributed by atoms with Gasteiger partial charge in [-0.15, -0.1) is 0 Å². The molecule has 0 saturated carbocycles. The first kappa shape index (κ1) is 11.7. The van der Waals surface area contributed by atoms with E-state index >= 15 is 0 Å². The minimum atomic E-state index is 0.579. The Bertz CT molecular complexity index is 534. The van der Waals surface area contributed by atoms with Crippen molar-refractivity contribution in [1.82, 2.24) is 4.57 Å². The van der Waals surface area contributed by atoms with Crippen molar-refractivity contribution in [2.75, 3.05) is 0 Å². The highest BCUT2D eigenvalue weighted by molar-refractivity contribution is 5.80. The van der Waals surface area contributed by atoms with Gasteiger partial charge in [-0.1, -0.05) is 12.1 Å². The summed E-state index contributed by atoms with van der Waals surface area (Å²) in [6, 6.07) is 10.6. The predicted molar refractivity (Wildman–Crippen MR) is 69.3 cm³/mol. The molecule has 1 aromatic heterocycles. The molecule has 0 fully saturated rings. The second-order valence-corrected chi connectivity index (χ2v) is 4.22. The molecule has 0 aliphatic carbocycles. The summed E-state index contributed by atoms with van der Waals surface area (Å²) in [6.45, 7) is 1.55. The number of fused-ring (bicyclic) bond motifs is 1. The maximum Gasteiger partial charge on any atom is 0.0621 e. The minimum Gasteiger partial charge on any atom is -0.347 e. The third-order valence-electron chi connectivity index (χ3n) is 3.01. The molecule has 0 aliphatic heterocycles. The van der Waals surface area contributed by atoms with Gasteiger partial charge < -0.3 is 10.3 Å². The Labute approximate surface area is 101 Å². The monoisotopic (exact) mass is 227 g/mol. The molecule has 2 aromatic rings. The molecule has 17 heavy (non-hydrogen) atoms. The van der Waals surface area contributed by atoms with Crippen LogP contribution in [0.5, 0.6) is 0 Å². The van der Waals surface area contributed by atoms with E-state index in [2.05, 4.69) is 41.1 Å². The van der Waals surface area contributed by atoms with Crippen LogP contribution < -0.4 is 5.73 Å². The molecule has 2 N–H and O–H groups in total. The molecular weight excluding hydrogens is 210 g/mol. The highest BCUT2D eigenvalue weighted by atomic mass is 14.9. The van der Waals surface area contributed by atoms with Crippen LogP contribution in [0.15, 0.2) is 30.5 Å². The number of benzene rings is 1. The molecule has 0 saturated heterocycles. The molecule has 1 heterocycles. The number of nitrogens with two attached hydrogens (primary N) is 1. The Kier molecular flexibility index (Phi) is 3.79. The van der Waals surface area contributed by atoms with E-state index in [1.165, 1.54) is 10.9 Å². The number of hydrogen-bond acceptors (Lipinski definition) is 2. The smallest absolute Gasteiger partial charge is 0.0621 e. The van der Waals surface area contributed by atoms with E-state index in [1.54, 1.807) is 0 Å². The third-order valence-corrected chi connectivity index (χ3v) is 3.01. The normalized spacial score (nSPS) is 10.6. The molecule has 0 amide bonds. The molecule has 0 aliphatic rings. The Morgan fingerprint density at radius 1 is 1.24 bits per heavy atom. The van der Waals surface area contributed by atoms with Crippen LogP contribution in [0.3, 0.4) is 0 Å². The van der Waals surface area contributed by atoms with E-state index in [9.17, 15) is 0 Å². The summed E-state index contributed by atoms with van der Waals surface area (Å²) < 4.78 is 2.24. The van der Waals surface area contributed by atoms with Gasteiger partial charge in [-0.25, -0.2) is 0 Å². The van der Waals surface area contributed by atoms with Crippen LogP contribution in [0.2, 0.25) is 0 Å². The maximum atomic E-state index is 8.49. The lowest BCUT2D eigenvalue weighted by molar-refractivity contribution is 0.632. The summed E-state index contributed by atoms with van der Waals surface area (Å²) in [5.74, 6) is 0. The zero-order chi connectivity index (χ0) is 12.1. The average Bonchev–Trinajstić information content (AvgIpc) is 2.77. The van der Waals surface area contributed by atoms with Gasteiger partial charge in [0.25, 0.3) is 0 Å². The standard InChI is InChI=1S/C14H17N3/c15-7-2-1-3-8-17-9-6-13-5-4-12(11-16)10-14(13)17/h4-6,9-10H,1-3,8,11,16H2. The van der Waals surface area contributed by atoms with Crippen LogP contribution in [-0.2, 0) is 13.1 Å². The van der Waals surface area contributed by atoms with Crippen molar-refractivity contribution in [1.29, 1.82) is 5.26 Å². The van der Waals surface area contributed by atoms with Gasteiger partial charge in [0.2, 0.25) is 0 Å². The summed E-state index contributed by atoms with van der Waals surface area (Å²) in [7, 11) is 0. The van der Waals surface area contributed by atoms with Crippen LogP contribution in [0.1, 0.15) is 24.8 Å². The van der Waals surface area contributed by atoms with Crippen molar-refractivity contribution in [3.05, 3.63) is 36.0 Å². The van der Waals surface area contributed by atoms with Crippen LogP contribution in [0, 0.1) is 11.3 Å². The van der Waals surface area contributed by atoms with Gasteiger partial charge in [-0.2, -0.15) is 5.26 Å². The fourth-order valence-electron chi connectivity index (χ4n) is 2.04. The fourth-order valence-corrected chi connectivity index (χ4v) is 2.04. The highest BCUT2D eigenvalue weighted by Gasteiger charge is 2.01.